The van der Waals surface area contributed by atoms with Crippen molar-refractivity contribution >= 4 is 11.6 Å². The largest absolute Gasteiger partial charge is 0.356 e. The molecule has 1 N–H and O–H groups in total. The summed E-state index contributed by atoms with van der Waals surface area (Å²) in [6.07, 6.45) is 4.16. The van der Waals surface area contributed by atoms with E-state index >= 15 is 0 Å². The molecule has 4 rings (SSSR count). The Morgan fingerprint density at radius 2 is 1.96 bits per heavy atom. The summed E-state index contributed by atoms with van der Waals surface area (Å²) in [5, 5.41) is 3.13. The van der Waals surface area contributed by atoms with Gasteiger partial charge >= 0.3 is 0 Å². The lowest BCUT2D eigenvalue weighted by atomic mass is 9.95. The van der Waals surface area contributed by atoms with Crippen LogP contribution in [0.1, 0.15) is 42.0 Å². The molecule has 0 saturated heterocycles. The first-order valence-corrected chi connectivity index (χ1v) is 9.04. The second kappa shape index (κ2) is 6.51. The maximum absolute atomic E-state index is 13.4. The van der Waals surface area contributed by atoms with Gasteiger partial charge in [0.2, 0.25) is 5.91 Å². The predicted molar refractivity (Wildman–Crippen MR) is 97.2 cm³/mol. The zero-order valence-electron chi connectivity index (χ0n) is 14.5. The Bertz CT molecular complexity index is 783. The van der Waals surface area contributed by atoms with Crippen molar-refractivity contribution in [1.82, 2.24) is 5.32 Å². The van der Waals surface area contributed by atoms with Crippen molar-refractivity contribution in [3.05, 3.63) is 65.0 Å². The fourth-order valence-corrected chi connectivity index (χ4v) is 3.65. The average molecular weight is 338 g/mol. The molecule has 2 aromatic carbocycles. The Morgan fingerprint density at radius 1 is 1.20 bits per heavy atom. The Morgan fingerprint density at radius 3 is 2.68 bits per heavy atom. The normalized spacial score (nSPS) is 17.8. The van der Waals surface area contributed by atoms with Crippen LogP contribution in [0.3, 0.4) is 0 Å². The van der Waals surface area contributed by atoms with Gasteiger partial charge in [0.25, 0.3) is 0 Å². The molecule has 1 heterocycles. The van der Waals surface area contributed by atoms with Gasteiger partial charge in [-0.25, -0.2) is 4.39 Å². The molecule has 130 valence electrons. The minimum Gasteiger partial charge on any atom is -0.356 e. The van der Waals surface area contributed by atoms with Gasteiger partial charge in [0, 0.05) is 18.3 Å². The second-order valence-electron chi connectivity index (χ2n) is 7.17. The van der Waals surface area contributed by atoms with E-state index in [0.717, 1.165) is 43.5 Å². The zero-order valence-corrected chi connectivity index (χ0v) is 14.5. The van der Waals surface area contributed by atoms with E-state index in [1.807, 2.05) is 0 Å². The molecular formula is C21H23FN2O. The lowest BCUT2D eigenvalue weighted by Crippen LogP contribution is -2.43. The Hall–Kier alpha value is -2.36. The number of rotatable bonds is 4. The van der Waals surface area contributed by atoms with Crippen LogP contribution in [-0.4, -0.2) is 18.5 Å². The van der Waals surface area contributed by atoms with Gasteiger partial charge < -0.3 is 10.2 Å². The summed E-state index contributed by atoms with van der Waals surface area (Å²) in [7, 11) is 0. The monoisotopic (exact) mass is 338 g/mol. The van der Waals surface area contributed by atoms with Crippen LogP contribution in [-0.2, 0) is 11.2 Å². The van der Waals surface area contributed by atoms with Crippen molar-refractivity contribution in [2.24, 2.45) is 0 Å². The van der Waals surface area contributed by atoms with Gasteiger partial charge in [-0.05, 0) is 61.9 Å². The number of aryl methyl sites for hydroxylation is 2. The third kappa shape index (κ3) is 3.39. The molecule has 1 aliphatic carbocycles. The highest BCUT2D eigenvalue weighted by Crippen LogP contribution is 2.35. The second-order valence-corrected chi connectivity index (χ2v) is 7.17. The molecule has 2 aromatic rings. The van der Waals surface area contributed by atoms with Crippen LogP contribution in [0, 0.1) is 12.7 Å². The number of nitrogens with zero attached hydrogens (tertiary/aromatic N) is 1. The molecule has 1 fully saturated rings. The van der Waals surface area contributed by atoms with Gasteiger partial charge in [-0.2, -0.15) is 0 Å². The fourth-order valence-electron chi connectivity index (χ4n) is 3.65. The van der Waals surface area contributed by atoms with Gasteiger partial charge in [0.05, 0.1) is 0 Å². The number of fused-ring (bicyclic) bond motifs is 1. The third-order valence-electron chi connectivity index (χ3n) is 5.06. The molecule has 25 heavy (non-hydrogen) atoms. The smallest absolute Gasteiger partial charge is 0.247 e. The molecule has 0 radical (unpaired) electrons. The molecule has 1 saturated carbocycles. The number of benzene rings is 2. The van der Waals surface area contributed by atoms with E-state index in [-0.39, 0.29) is 11.7 Å². The quantitative estimate of drug-likeness (QED) is 0.917. The van der Waals surface area contributed by atoms with Crippen LogP contribution in [0.15, 0.2) is 42.5 Å². The highest BCUT2D eigenvalue weighted by Gasteiger charge is 2.34. The summed E-state index contributed by atoms with van der Waals surface area (Å²) < 4.78 is 13.4. The third-order valence-corrected chi connectivity index (χ3v) is 5.06. The van der Waals surface area contributed by atoms with Crippen molar-refractivity contribution in [2.75, 3.05) is 11.4 Å². The number of nitrogens with one attached hydrogen (secondary N) is 1. The highest BCUT2D eigenvalue weighted by molar-refractivity contribution is 5.87. The molecule has 0 bridgehead atoms. The first-order valence-electron chi connectivity index (χ1n) is 9.04. The van der Waals surface area contributed by atoms with E-state index in [1.165, 1.54) is 23.3 Å². The summed E-state index contributed by atoms with van der Waals surface area (Å²) in [6.45, 7) is 2.92. The van der Waals surface area contributed by atoms with Gasteiger partial charge in [-0.15, -0.1) is 0 Å². The van der Waals surface area contributed by atoms with Crippen LogP contribution in [0.4, 0.5) is 10.1 Å². The minimum absolute atomic E-state index is 0.0162. The maximum atomic E-state index is 13.4. The Labute approximate surface area is 147 Å². The van der Waals surface area contributed by atoms with Gasteiger partial charge in [0.1, 0.15) is 11.9 Å². The molecule has 2 aliphatic rings. The summed E-state index contributed by atoms with van der Waals surface area (Å²) >= 11 is 0. The first kappa shape index (κ1) is 16.1. The lowest BCUT2D eigenvalue weighted by molar-refractivity contribution is -0.122. The standard InChI is InChI=1S/C21H23FN2O/c1-14-4-11-19-16(13-14)3-2-12-24(19)20(21(25)23-18-9-10-18)15-5-7-17(22)8-6-15/h4-8,11,13,18,20H,2-3,9-10,12H2,1H3,(H,23,25). The molecule has 0 spiro atoms. The van der Waals surface area contributed by atoms with E-state index in [9.17, 15) is 9.18 Å². The van der Waals surface area contributed by atoms with E-state index in [0.29, 0.717) is 6.04 Å². The van der Waals surface area contributed by atoms with E-state index in [2.05, 4.69) is 35.3 Å². The first-order chi connectivity index (χ1) is 12.1. The molecular weight excluding hydrogens is 315 g/mol. The number of hydrogen-bond acceptors (Lipinski definition) is 2. The number of halogens is 1. The van der Waals surface area contributed by atoms with Gasteiger partial charge in [0.15, 0.2) is 0 Å². The predicted octanol–water partition coefficient (Wildman–Crippen LogP) is 3.91. The Kier molecular flexibility index (Phi) is 4.20. The number of anilines is 1. The van der Waals surface area contributed by atoms with Crippen molar-refractivity contribution in [3.63, 3.8) is 0 Å². The summed E-state index contributed by atoms with van der Waals surface area (Å²) in [5.41, 5.74) is 4.49. The molecule has 0 aromatic heterocycles. The van der Waals surface area contributed by atoms with Crippen LogP contribution < -0.4 is 10.2 Å². The molecule has 1 unspecified atom stereocenters. The van der Waals surface area contributed by atoms with Crippen LogP contribution in [0.5, 0.6) is 0 Å². The van der Waals surface area contributed by atoms with E-state index in [1.54, 1.807) is 12.1 Å². The van der Waals surface area contributed by atoms with Crippen LogP contribution in [0.25, 0.3) is 0 Å². The van der Waals surface area contributed by atoms with E-state index in [4.69, 9.17) is 0 Å². The van der Waals surface area contributed by atoms with Crippen molar-refractivity contribution in [3.8, 4) is 0 Å². The molecule has 1 atom stereocenters. The van der Waals surface area contributed by atoms with Crippen molar-refractivity contribution < 1.29 is 9.18 Å². The van der Waals surface area contributed by atoms with Gasteiger partial charge in [-0.1, -0.05) is 29.8 Å². The number of carbonyl (C=O) groups excluding carboxylic acids is 1. The van der Waals surface area contributed by atoms with Crippen molar-refractivity contribution in [2.45, 2.75) is 44.7 Å². The highest BCUT2D eigenvalue weighted by atomic mass is 19.1. The van der Waals surface area contributed by atoms with Gasteiger partial charge in [-0.3, -0.25) is 4.79 Å². The lowest BCUT2D eigenvalue weighted by Gasteiger charge is -2.37. The zero-order chi connectivity index (χ0) is 17.4. The summed E-state index contributed by atoms with van der Waals surface area (Å²) in [4.78, 5) is 15.2. The molecule has 1 aliphatic heterocycles. The molecule has 3 nitrogen and oxygen atoms in total. The SMILES string of the molecule is Cc1ccc2c(c1)CCCN2C(C(=O)NC1CC1)c1ccc(F)cc1. The number of hydrogen-bond donors (Lipinski definition) is 1. The molecule has 1 amide bonds. The summed E-state index contributed by atoms with van der Waals surface area (Å²) in [6, 6.07) is 12.6. The molecule has 4 heteroatoms. The summed E-state index contributed by atoms with van der Waals surface area (Å²) in [5.74, 6) is -0.262. The maximum Gasteiger partial charge on any atom is 0.247 e. The topological polar surface area (TPSA) is 32.3 Å². The number of carbonyl (C=O) groups is 1. The van der Waals surface area contributed by atoms with Crippen LogP contribution >= 0.6 is 0 Å². The number of amides is 1. The van der Waals surface area contributed by atoms with Crippen LogP contribution in [0.2, 0.25) is 0 Å². The van der Waals surface area contributed by atoms with Crippen molar-refractivity contribution in [1.29, 1.82) is 0 Å². The van der Waals surface area contributed by atoms with E-state index < -0.39 is 6.04 Å². The average Bonchev–Trinajstić information content (AvgIpc) is 3.40. The Balaban J connectivity index is 1.73. The fraction of sp³-hybridized carbons (Fsp3) is 0.381. The minimum atomic E-state index is -0.414.